The topological polar surface area (TPSA) is 105 Å². The molecule has 1 amide bonds. The van der Waals surface area contributed by atoms with Crippen molar-refractivity contribution in [1.82, 2.24) is 14.5 Å². The summed E-state index contributed by atoms with van der Waals surface area (Å²) in [6, 6.07) is 5.54. The molecule has 4 heterocycles. The average Bonchev–Trinajstić information content (AvgIpc) is 3.19. The van der Waals surface area contributed by atoms with Crippen molar-refractivity contribution in [3.63, 3.8) is 0 Å². The largest absolute Gasteiger partial charge is 0.487 e. The lowest BCUT2D eigenvalue weighted by atomic mass is 9.64. The molecule has 0 bridgehead atoms. The van der Waals surface area contributed by atoms with E-state index in [9.17, 15) is 4.79 Å². The predicted octanol–water partition coefficient (Wildman–Crippen LogP) is 4.69. The number of carbonyl (C=O) groups excluding carboxylic acids is 1. The number of hydrogen-bond donors (Lipinski definition) is 0. The maximum absolute atomic E-state index is 12.8. The number of aryl methyl sites for hydroxylation is 1. The van der Waals surface area contributed by atoms with E-state index >= 15 is 0 Å². The Morgan fingerprint density at radius 2 is 2.12 bits per heavy atom. The van der Waals surface area contributed by atoms with Crippen LogP contribution < -0.4 is 4.74 Å². The molecule has 2 aromatic rings. The Bertz CT molecular complexity index is 1110. The van der Waals surface area contributed by atoms with E-state index in [1.807, 2.05) is 34.7 Å². The highest BCUT2D eigenvalue weighted by Crippen LogP contribution is 2.55. The molecular formula is C24H30N6O3. The van der Waals surface area contributed by atoms with Crippen molar-refractivity contribution >= 4 is 11.6 Å². The number of aromatic nitrogens is 2. The number of likely N-dealkylation sites (tertiary alicyclic amines) is 1. The van der Waals surface area contributed by atoms with Gasteiger partial charge in [-0.25, -0.2) is 4.98 Å². The molecule has 3 aliphatic heterocycles. The molecule has 9 nitrogen and oxygen atoms in total. The van der Waals surface area contributed by atoms with Gasteiger partial charge in [0.05, 0.1) is 12.7 Å². The number of rotatable bonds is 3. The molecule has 0 saturated carbocycles. The smallest absolute Gasteiger partial charge is 0.242 e. The summed E-state index contributed by atoms with van der Waals surface area (Å²) in [5.41, 5.74) is 10.0. The van der Waals surface area contributed by atoms with E-state index in [0.29, 0.717) is 18.8 Å². The third kappa shape index (κ3) is 3.96. The van der Waals surface area contributed by atoms with Gasteiger partial charge in [-0.2, -0.15) is 0 Å². The van der Waals surface area contributed by atoms with Gasteiger partial charge >= 0.3 is 0 Å². The monoisotopic (exact) mass is 450 g/mol. The summed E-state index contributed by atoms with van der Waals surface area (Å²) in [6.45, 7) is 8.66. The fourth-order valence-electron chi connectivity index (χ4n) is 5.65. The number of amides is 1. The molecule has 1 spiro atoms. The van der Waals surface area contributed by atoms with E-state index in [4.69, 9.17) is 15.0 Å². The lowest BCUT2D eigenvalue weighted by Crippen LogP contribution is -2.54. The zero-order chi connectivity index (χ0) is 23.2. The third-order valence-corrected chi connectivity index (χ3v) is 7.72. The molecule has 0 aliphatic carbocycles. The zero-order valence-electron chi connectivity index (χ0n) is 19.4. The van der Waals surface area contributed by atoms with Crippen LogP contribution in [0.2, 0.25) is 0 Å². The van der Waals surface area contributed by atoms with Gasteiger partial charge in [-0.15, -0.1) is 0 Å². The number of benzene rings is 1. The molecule has 2 unspecified atom stereocenters. The van der Waals surface area contributed by atoms with Gasteiger partial charge in [0.1, 0.15) is 23.7 Å². The minimum atomic E-state index is -0.378. The number of carbonyl (C=O) groups is 1. The van der Waals surface area contributed by atoms with Crippen LogP contribution in [0.1, 0.15) is 50.6 Å². The van der Waals surface area contributed by atoms with Crippen molar-refractivity contribution in [2.45, 2.75) is 58.3 Å². The number of azide groups is 1. The number of nitrogens with zero attached hydrogens (tertiary/aromatic N) is 6. The molecule has 3 aliphatic rings. The molecule has 1 aromatic carbocycles. The summed E-state index contributed by atoms with van der Waals surface area (Å²) in [7, 11) is 0. The molecule has 5 rings (SSSR count). The first-order chi connectivity index (χ1) is 15.8. The van der Waals surface area contributed by atoms with E-state index in [2.05, 4.69) is 28.9 Å². The molecule has 2 atom stereocenters. The highest BCUT2D eigenvalue weighted by atomic mass is 16.5. The van der Waals surface area contributed by atoms with Crippen molar-refractivity contribution in [3.05, 3.63) is 52.4 Å². The number of piperidine rings is 1. The predicted molar refractivity (Wildman–Crippen MR) is 122 cm³/mol. The van der Waals surface area contributed by atoms with Crippen LogP contribution in [0, 0.1) is 18.3 Å². The maximum atomic E-state index is 12.8. The van der Waals surface area contributed by atoms with E-state index in [1.165, 1.54) is 0 Å². The second-order valence-electron chi connectivity index (χ2n) is 10.1. The average molecular weight is 451 g/mol. The maximum Gasteiger partial charge on any atom is 0.242 e. The van der Waals surface area contributed by atoms with Crippen LogP contribution in [0.5, 0.6) is 5.75 Å². The summed E-state index contributed by atoms with van der Waals surface area (Å²) in [5, 5.41) is 3.76. The first kappa shape index (κ1) is 21.8. The van der Waals surface area contributed by atoms with Crippen LogP contribution >= 0.6 is 0 Å². The summed E-state index contributed by atoms with van der Waals surface area (Å²) >= 11 is 0. The standard InChI is InChI=1S/C24H30N6O3/c1-16-26-8-11-30(16)14-21(31)29-9-6-24(7-10-29)13-19-22(32-15-24)18-12-17(27-28-25)4-5-20(18)33-23(19,2)3/h4-5,8,11-12,19,22H,6-7,9-10,13-15H2,1-3H3. The van der Waals surface area contributed by atoms with Gasteiger partial charge in [0, 0.05) is 47.6 Å². The van der Waals surface area contributed by atoms with Crippen molar-refractivity contribution in [2.24, 2.45) is 16.4 Å². The van der Waals surface area contributed by atoms with Gasteiger partial charge in [-0.05, 0) is 69.2 Å². The Morgan fingerprint density at radius 1 is 1.33 bits per heavy atom. The highest BCUT2D eigenvalue weighted by molar-refractivity contribution is 5.76. The second kappa shape index (κ2) is 8.08. The Hall–Kier alpha value is -3.03. The first-order valence-electron chi connectivity index (χ1n) is 11.6. The SMILES string of the molecule is Cc1nccn1CC(=O)N1CCC2(CC1)COC1c3cc(N=[N+]=[N-])ccc3OC(C)(C)C1C2. The van der Waals surface area contributed by atoms with Gasteiger partial charge < -0.3 is 18.9 Å². The molecule has 174 valence electrons. The molecule has 0 N–H and O–H groups in total. The van der Waals surface area contributed by atoms with Crippen LogP contribution in [0.25, 0.3) is 10.4 Å². The Morgan fingerprint density at radius 3 is 2.82 bits per heavy atom. The van der Waals surface area contributed by atoms with Crippen LogP contribution in [-0.2, 0) is 16.1 Å². The number of hydrogen-bond acceptors (Lipinski definition) is 5. The Balaban J connectivity index is 1.30. The van der Waals surface area contributed by atoms with E-state index in [-0.39, 0.29) is 28.9 Å². The summed E-state index contributed by atoms with van der Waals surface area (Å²) in [4.78, 5) is 21.9. The lowest BCUT2D eigenvalue weighted by molar-refractivity contribution is -0.176. The van der Waals surface area contributed by atoms with Gasteiger partial charge in [0.15, 0.2) is 0 Å². The van der Waals surface area contributed by atoms with Crippen LogP contribution in [-0.4, -0.2) is 45.7 Å². The molecule has 9 heteroatoms. The lowest BCUT2D eigenvalue weighted by Gasteiger charge is -2.54. The van der Waals surface area contributed by atoms with Crippen molar-refractivity contribution in [1.29, 1.82) is 0 Å². The van der Waals surface area contributed by atoms with E-state index < -0.39 is 0 Å². The molecule has 1 aromatic heterocycles. The Labute approximate surface area is 193 Å². The van der Waals surface area contributed by atoms with Crippen molar-refractivity contribution in [2.75, 3.05) is 19.7 Å². The first-order valence-corrected chi connectivity index (χ1v) is 11.6. The molecule has 33 heavy (non-hydrogen) atoms. The molecule has 2 saturated heterocycles. The summed E-state index contributed by atoms with van der Waals surface area (Å²) < 4.78 is 14.8. The summed E-state index contributed by atoms with van der Waals surface area (Å²) in [5.74, 6) is 1.97. The van der Waals surface area contributed by atoms with Gasteiger partial charge in [-0.1, -0.05) is 5.11 Å². The third-order valence-electron chi connectivity index (χ3n) is 7.72. The van der Waals surface area contributed by atoms with Crippen LogP contribution in [0.15, 0.2) is 35.7 Å². The fraction of sp³-hybridized carbons (Fsp3) is 0.583. The number of ether oxygens (including phenoxy) is 2. The van der Waals surface area contributed by atoms with Crippen molar-refractivity contribution in [3.8, 4) is 5.75 Å². The van der Waals surface area contributed by atoms with Gasteiger partial charge in [-0.3, -0.25) is 4.79 Å². The zero-order valence-corrected chi connectivity index (χ0v) is 19.4. The van der Waals surface area contributed by atoms with Crippen molar-refractivity contribution < 1.29 is 14.3 Å². The van der Waals surface area contributed by atoms with Crippen LogP contribution in [0.4, 0.5) is 5.69 Å². The highest BCUT2D eigenvalue weighted by Gasteiger charge is 2.52. The van der Waals surface area contributed by atoms with Gasteiger partial charge in [0.2, 0.25) is 5.91 Å². The quantitative estimate of drug-likeness (QED) is 0.384. The van der Waals surface area contributed by atoms with Gasteiger partial charge in [0.25, 0.3) is 0 Å². The van der Waals surface area contributed by atoms with Crippen LogP contribution in [0.3, 0.4) is 0 Å². The normalized spacial score (nSPS) is 24.9. The fourth-order valence-corrected chi connectivity index (χ4v) is 5.65. The number of imidazole rings is 1. The minimum Gasteiger partial charge on any atom is -0.487 e. The van der Waals surface area contributed by atoms with E-state index in [0.717, 1.165) is 49.5 Å². The number of fused-ring (bicyclic) bond motifs is 3. The minimum absolute atomic E-state index is 0.0451. The molecular weight excluding hydrogens is 420 g/mol. The summed E-state index contributed by atoms with van der Waals surface area (Å²) in [6.07, 6.45) is 6.32. The molecule has 2 fully saturated rings. The molecule has 0 radical (unpaired) electrons. The second-order valence-corrected chi connectivity index (χ2v) is 10.1. The Kier molecular flexibility index (Phi) is 5.34. The van der Waals surface area contributed by atoms with E-state index in [1.54, 1.807) is 12.3 Å².